The highest BCUT2D eigenvalue weighted by molar-refractivity contribution is 5.89. The molecule has 2 aliphatic heterocycles. The highest BCUT2D eigenvalue weighted by Gasteiger charge is 2.47. The van der Waals surface area contributed by atoms with Crippen molar-refractivity contribution in [1.29, 1.82) is 0 Å². The Labute approximate surface area is 122 Å². The van der Waals surface area contributed by atoms with E-state index in [1.807, 2.05) is 0 Å². The van der Waals surface area contributed by atoms with Gasteiger partial charge in [-0.15, -0.1) is 0 Å². The molecule has 0 saturated carbocycles. The zero-order valence-corrected chi connectivity index (χ0v) is 12.2. The molecule has 2 bridgehead atoms. The highest BCUT2D eigenvalue weighted by Crippen LogP contribution is 2.28. The molecule has 2 rings (SSSR count). The Morgan fingerprint density at radius 2 is 1.95 bits per heavy atom. The number of nitrogens with zero attached hydrogens (tertiary/aromatic N) is 3. The van der Waals surface area contributed by atoms with E-state index in [4.69, 9.17) is 5.11 Å². The van der Waals surface area contributed by atoms with Crippen molar-refractivity contribution in [2.45, 2.75) is 51.2 Å². The number of urea groups is 1. The number of hydroxylamine groups is 2. The first-order valence-electron chi connectivity index (χ1n) is 6.75. The van der Waals surface area contributed by atoms with Crippen LogP contribution in [0, 0.1) is 0 Å². The van der Waals surface area contributed by atoms with Crippen LogP contribution in [0.1, 0.15) is 33.6 Å². The van der Waals surface area contributed by atoms with Crippen LogP contribution in [0.5, 0.6) is 0 Å². The lowest BCUT2D eigenvalue weighted by Crippen LogP contribution is -2.60. The molecule has 0 aliphatic carbocycles. The molecule has 4 amide bonds. The van der Waals surface area contributed by atoms with Crippen molar-refractivity contribution in [2.24, 2.45) is 0 Å². The second kappa shape index (κ2) is 5.06. The van der Waals surface area contributed by atoms with Gasteiger partial charge in [0.05, 0.1) is 11.6 Å². The van der Waals surface area contributed by atoms with E-state index in [0.29, 0.717) is 17.9 Å². The molecule has 3 N–H and O–H groups in total. The topological polar surface area (TPSA) is 113 Å². The van der Waals surface area contributed by atoms with E-state index in [9.17, 15) is 19.6 Å². The monoisotopic (exact) mass is 300 g/mol. The molecule has 2 atom stereocenters. The number of piperidine rings is 1. The van der Waals surface area contributed by atoms with Gasteiger partial charge in [0.15, 0.2) is 0 Å². The van der Waals surface area contributed by atoms with Crippen LogP contribution >= 0.6 is 0 Å². The van der Waals surface area contributed by atoms with Gasteiger partial charge in [-0.05, 0) is 33.6 Å². The van der Waals surface area contributed by atoms with Crippen molar-refractivity contribution in [3.8, 4) is 0 Å². The SMILES string of the molecule is CC(C)(C)N(NC(=O)[C@@H]1CC[C@@H]2CN1C(=O)N2O)C(=O)O. The van der Waals surface area contributed by atoms with Crippen LogP contribution in [-0.4, -0.2) is 67.5 Å². The summed E-state index contributed by atoms with van der Waals surface area (Å²) in [5, 5.41) is 20.2. The lowest BCUT2D eigenvalue weighted by Gasteiger charge is -2.36. The van der Waals surface area contributed by atoms with Crippen LogP contribution in [-0.2, 0) is 4.79 Å². The first-order chi connectivity index (χ1) is 9.62. The van der Waals surface area contributed by atoms with E-state index < -0.39 is 29.6 Å². The summed E-state index contributed by atoms with van der Waals surface area (Å²) in [6, 6.07) is -1.68. The summed E-state index contributed by atoms with van der Waals surface area (Å²) in [5.41, 5.74) is 1.54. The summed E-state index contributed by atoms with van der Waals surface area (Å²) < 4.78 is 0. The number of hydrogen-bond acceptors (Lipinski definition) is 4. The van der Waals surface area contributed by atoms with E-state index in [0.717, 1.165) is 5.01 Å². The molecule has 21 heavy (non-hydrogen) atoms. The Balaban J connectivity index is 2.10. The van der Waals surface area contributed by atoms with Gasteiger partial charge in [0.2, 0.25) is 0 Å². The lowest BCUT2D eigenvalue weighted by atomic mass is 10.0. The number of amides is 4. The maximum absolute atomic E-state index is 12.3. The normalized spacial score (nSPS) is 25.0. The summed E-state index contributed by atoms with van der Waals surface area (Å²) >= 11 is 0. The number of nitrogens with one attached hydrogen (secondary N) is 1. The van der Waals surface area contributed by atoms with Gasteiger partial charge < -0.3 is 10.0 Å². The highest BCUT2D eigenvalue weighted by atomic mass is 16.5. The van der Waals surface area contributed by atoms with Gasteiger partial charge in [0.1, 0.15) is 6.04 Å². The quantitative estimate of drug-likeness (QED) is 0.481. The molecule has 0 unspecified atom stereocenters. The third-order valence-electron chi connectivity index (χ3n) is 3.73. The average Bonchev–Trinajstić information content (AvgIpc) is 2.59. The van der Waals surface area contributed by atoms with Gasteiger partial charge in [-0.25, -0.2) is 19.7 Å². The minimum absolute atomic E-state index is 0.274. The van der Waals surface area contributed by atoms with Gasteiger partial charge in [0.25, 0.3) is 5.91 Å². The molecule has 9 nitrogen and oxygen atoms in total. The molecule has 0 aromatic heterocycles. The molecule has 2 fully saturated rings. The number of fused-ring (bicyclic) bond motifs is 2. The lowest BCUT2D eigenvalue weighted by molar-refractivity contribution is -0.132. The third kappa shape index (κ3) is 2.73. The molecule has 2 saturated heterocycles. The maximum Gasteiger partial charge on any atom is 0.426 e. The van der Waals surface area contributed by atoms with Crippen molar-refractivity contribution < 1.29 is 24.7 Å². The van der Waals surface area contributed by atoms with Crippen molar-refractivity contribution >= 4 is 18.0 Å². The Morgan fingerprint density at radius 1 is 1.33 bits per heavy atom. The predicted octanol–water partition coefficient (Wildman–Crippen LogP) is 0.454. The molecule has 9 heteroatoms. The molecule has 2 aliphatic rings. The fourth-order valence-electron chi connectivity index (χ4n) is 2.61. The standard InChI is InChI=1S/C12H20N4O5/c1-12(2,3)16(11(19)20)13-9(17)8-5-4-7-6-14(8)10(18)15(7)21/h7-8,21H,4-6H2,1-3H3,(H,13,17)(H,19,20)/t7-,8+/m1/s1. The Bertz CT molecular complexity index is 475. The smallest absolute Gasteiger partial charge is 0.426 e. The number of carboxylic acid groups (broad SMARTS) is 1. The minimum Gasteiger partial charge on any atom is -0.464 e. The van der Waals surface area contributed by atoms with E-state index in [1.54, 1.807) is 20.8 Å². The molecule has 0 aromatic carbocycles. The van der Waals surface area contributed by atoms with Crippen LogP contribution in [0.3, 0.4) is 0 Å². The second-order valence-electron chi connectivity index (χ2n) is 6.29. The number of carbonyl (C=O) groups excluding carboxylic acids is 2. The van der Waals surface area contributed by atoms with E-state index in [1.165, 1.54) is 4.90 Å². The summed E-state index contributed by atoms with van der Waals surface area (Å²) in [5.74, 6) is -0.561. The second-order valence-corrected chi connectivity index (χ2v) is 6.29. The fraction of sp³-hybridized carbons (Fsp3) is 0.750. The molecular weight excluding hydrogens is 280 g/mol. The molecular formula is C12H20N4O5. The largest absolute Gasteiger partial charge is 0.464 e. The molecule has 0 spiro atoms. The fourth-order valence-corrected chi connectivity index (χ4v) is 2.61. The third-order valence-corrected chi connectivity index (χ3v) is 3.73. The Morgan fingerprint density at radius 3 is 2.48 bits per heavy atom. The first kappa shape index (κ1) is 15.4. The molecule has 2 heterocycles. The Hall–Kier alpha value is -2.03. The van der Waals surface area contributed by atoms with Gasteiger partial charge in [-0.1, -0.05) is 0 Å². The molecule has 118 valence electrons. The van der Waals surface area contributed by atoms with E-state index in [2.05, 4.69) is 5.43 Å². The van der Waals surface area contributed by atoms with Crippen LogP contribution < -0.4 is 5.43 Å². The summed E-state index contributed by atoms with van der Waals surface area (Å²) in [6.45, 7) is 5.22. The van der Waals surface area contributed by atoms with Crippen LogP contribution in [0.15, 0.2) is 0 Å². The van der Waals surface area contributed by atoms with Crippen LogP contribution in [0.2, 0.25) is 0 Å². The first-order valence-corrected chi connectivity index (χ1v) is 6.75. The zero-order valence-electron chi connectivity index (χ0n) is 12.2. The molecule has 0 radical (unpaired) electrons. The minimum atomic E-state index is -1.28. The summed E-state index contributed by atoms with van der Waals surface area (Å²) in [7, 11) is 0. The van der Waals surface area contributed by atoms with Crippen LogP contribution in [0.4, 0.5) is 9.59 Å². The van der Waals surface area contributed by atoms with Gasteiger partial charge in [-0.3, -0.25) is 15.4 Å². The van der Waals surface area contributed by atoms with Crippen molar-refractivity contribution in [3.05, 3.63) is 0 Å². The van der Waals surface area contributed by atoms with Gasteiger partial charge >= 0.3 is 12.1 Å². The van der Waals surface area contributed by atoms with E-state index >= 15 is 0 Å². The summed E-state index contributed by atoms with van der Waals surface area (Å²) in [4.78, 5) is 36.6. The Kier molecular flexibility index (Phi) is 3.70. The molecule has 0 aromatic rings. The van der Waals surface area contributed by atoms with Crippen molar-refractivity contribution in [2.75, 3.05) is 6.54 Å². The number of hydrogen-bond donors (Lipinski definition) is 3. The summed E-state index contributed by atoms with van der Waals surface area (Å²) in [6.07, 6.45) is -0.392. The van der Waals surface area contributed by atoms with Crippen LogP contribution in [0.25, 0.3) is 0 Å². The van der Waals surface area contributed by atoms with E-state index in [-0.39, 0.29) is 12.6 Å². The average molecular weight is 300 g/mol. The van der Waals surface area contributed by atoms with Gasteiger partial charge in [0, 0.05) is 6.54 Å². The van der Waals surface area contributed by atoms with Crippen molar-refractivity contribution in [3.63, 3.8) is 0 Å². The maximum atomic E-state index is 12.3. The van der Waals surface area contributed by atoms with Crippen molar-refractivity contribution in [1.82, 2.24) is 20.4 Å². The number of carbonyl (C=O) groups is 3. The number of rotatable bonds is 1. The zero-order chi connectivity index (χ0) is 15.9. The number of hydrazine groups is 1. The predicted molar refractivity (Wildman–Crippen MR) is 70.3 cm³/mol. The van der Waals surface area contributed by atoms with Gasteiger partial charge in [-0.2, -0.15) is 0 Å².